The van der Waals surface area contributed by atoms with Crippen LogP contribution in [0.3, 0.4) is 0 Å². The third kappa shape index (κ3) is 6.38. The quantitative estimate of drug-likeness (QED) is 0.507. The third-order valence-electron chi connectivity index (χ3n) is 1.00. The summed E-state index contributed by atoms with van der Waals surface area (Å²) in [4.78, 5) is 8.95. The maximum Gasteiger partial charge on any atom is 0.292 e. The number of para-hydroxylation sites is 1. The van der Waals surface area contributed by atoms with E-state index in [2.05, 4.69) is 9.47 Å². The van der Waals surface area contributed by atoms with Crippen molar-refractivity contribution >= 4 is 6.47 Å². The fraction of sp³-hybridized carbons (Fsp3) is 0.111. The van der Waals surface area contributed by atoms with Crippen molar-refractivity contribution in [2.45, 2.75) is 0 Å². The van der Waals surface area contributed by atoms with Gasteiger partial charge in [-0.1, -0.05) is 18.2 Å². The standard InChI is InChI=1S/C7H5NO.C2H4O2/c8-6-9-7-4-2-1-3-5-7;1-4-2-3/h1-5H;2H,1H3. The Morgan fingerprint density at radius 3 is 2.31 bits per heavy atom. The van der Waals surface area contributed by atoms with Crippen LogP contribution in [0.4, 0.5) is 0 Å². The maximum absolute atomic E-state index is 8.95. The summed E-state index contributed by atoms with van der Waals surface area (Å²) in [6.45, 7) is 0.375. The largest absolute Gasteiger partial charge is 0.471 e. The van der Waals surface area contributed by atoms with Crippen LogP contribution in [0.25, 0.3) is 0 Å². The van der Waals surface area contributed by atoms with Crippen molar-refractivity contribution in [1.29, 1.82) is 5.26 Å². The molecule has 0 unspecified atom stereocenters. The second-order valence-electron chi connectivity index (χ2n) is 1.84. The summed E-state index contributed by atoms with van der Waals surface area (Å²) >= 11 is 0. The van der Waals surface area contributed by atoms with Crippen LogP contribution in [-0.2, 0) is 9.53 Å². The molecule has 0 atom stereocenters. The number of carbonyl (C=O) groups excluding carboxylic acids is 1. The molecular weight excluding hydrogens is 170 g/mol. The van der Waals surface area contributed by atoms with Crippen molar-refractivity contribution in [3.63, 3.8) is 0 Å². The minimum Gasteiger partial charge on any atom is -0.471 e. The first-order chi connectivity index (χ1) is 6.35. The van der Waals surface area contributed by atoms with Crippen LogP contribution in [0, 0.1) is 11.5 Å². The van der Waals surface area contributed by atoms with E-state index in [1.807, 2.05) is 18.2 Å². The molecule has 0 bridgehead atoms. The molecule has 0 aliphatic carbocycles. The van der Waals surface area contributed by atoms with E-state index in [1.54, 1.807) is 18.4 Å². The Kier molecular flexibility index (Phi) is 6.82. The van der Waals surface area contributed by atoms with Gasteiger partial charge in [0.05, 0.1) is 7.11 Å². The number of hydrogen-bond acceptors (Lipinski definition) is 4. The SMILES string of the molecule is COC=O.N#COc1ccccc1. The van der Waals surface area contributed by atoms with E-state index in [0.29, 0.717) is 12.2 Å². The van der Waals surface area contributed by atoms with E-state index >= 15 is 0 Å². The van der Waals surface area contributed by atoms with E-state index in [1.165, 1.54) is 7.11 Å². The Hall–Kier alpha value is -2.02. The summed E-state index contributed by atoms with van der Waals surface area (Å²) in [7, 11) is 1.31. The Morgan fingerprint density at radius 2 is 1.92 bits per heavy atom. The van der Waals surface area contributed by atoms with Gasteiger partial charge in [-0.25, -0.2) is 0 Å². The molecule has 1 aromatic carbocycles. The van der Waals surface area contributed by atoms with Gasteiger partial charge in [0.25, 0.3) is 12.7 Å². The van der Waals surface area contributed by atoms with Crippen LogP contribution in [0.15, 0.2) is 30.3 Å². The number of ether oxygens (including phenoxy) is 2. The summed E-state index contributed by atoms with van der Waals surface area (Å²) in [5, 5.41) is 8.05. The van der Waals surface area contributed by atoms with Gasteiger partial charge in [-0.3, -0.25) is 4.79 Å². The highest BCUT2D eigenvalue weighted by Crippen LogP contribution is 2.06. The van der Waals surface area contributed by atoms with Crippen molar-refractivity contribution < 1.29 is 14.3 Å². The molecule has 0 aromatic heterocycles. The molecule has 0 amide bonds. The van der Waals surface area contributed by atoms with Crippen LogP contribution in [0.2, 0.25) is 0 Å². The van der Waals surface area contributed by atoms with Crippen molar-refractivity contribution in [2.24, 2.45) is 0 Å². The second kappa shape index (κ2) is 8.08. The zero-order chi connectivity index (χ0) is 9.94. The zero-order valence-electron chi connectivity index (χ0n) is 7.14. The first kappa shape index (κ1) is 11.0. The van der Waals surface area contributed by atoms with Crippen molar-refractivity contribution in [3.8, 4) is 12.0 Å². The van der Waals surface area contributed by atoms with Gasteiger partial charge in [0.15, 0.2) is 0 Å². The molecule has 0 fully saturated rings. The lowest BCUT2D eigenvalue weighted by atomic mass is 10.3. The molecule has 0 heterocycles. The van der Waals surface area contributed by atoms with Gasteiger partial charge in [0.2, 0.25) is 0 Å². The predicted octanol–water partition coefficient (Wildman–Crippen LogP) is 1.34. The first-order valence-electron chi connectivity index (χ1n) is 3.42. The molecule has 4 heteroatoms. The molecule has 0 aliphatic heterocycles. The number of benzene rings is 1. The van der Waals surface area contributed by atoms with Gasteiger partial charge in [-0.2, -0.15) is 0 Å². The third-order valence-corrected chi connectivity index (χ3v) is 1.00. The Labute approximate surface area is 76.3 Å². The number of nitrogens with zero attached hydrogens (tertiary/aromatic N) is 1. The highest BCUT2D eigenvalue weighted by Gasteiger charge is 1.84. The first-order valence-corrected chi connectivity index (χ1v) is 3.42. The van der Waals surface area contributed by atoms with E-state index < -0.39 is 0 Å². The van der Waals surface area contributed by atoms with Crippen LogP contribution in [0.5, 0.6) is 5.75 Å². The molecule has 0 N–H and O–H groups in total. The van der Waals surface area contributed by atoms with Gasteiger partial charge >= 0.3 is 0 Å². The Bertz CT molecular complexity index is 266. The summed E-state index contributed by atoms with van der Waals surface area (Å²) < 4.78 is 8.37. The Balaban J connectivity index is 0.000000310. The van der Waals surface area contributed by atoms with Crippen LogP contribution in [-0.4, -0.2) is 13.6 Å². The molecule has 0 radical (unpaired) electrons. The van der Waals surface area contributed by atoms with Crippen molar-refractivity contribution in [3.05, 3.63) is 30.3 Å². The molecule has 0 saturated heterocycles. The van der Waals surface area contributed by atoms with E-state index in [4.69, 9.17) is 10.1 Å². The smallest absolute Gasteiger partial charge is 0.292 e. The van der Waals surface area contributed by atoms with Gasteiger partial charge in [-0.15, -0.1) is 5.26 Å². The number of carbonyl (C=O) groups is 1. The molecule has 1 aromatic rings. The fourth-order valence-electron chi connectivity index (χ4n) is 0.541. The molecule has 68 valence electrons. The van der Waals surface area contributed by atoms with Crippen LogP contribution in [0.1, 0.15) is 0 Å². The number of methoxy groups -OCH3 is 1. The molecule has 4 nitrogen and oxygen atoms in total. The summed E-state index contributed by atoms with van der Waals surface area (Å²) in [6.07, 6.45) is 1.58. The molecular formula is C9H9NO3. The van der Waals surface area contributed by atoms with Crippen LogP contribution >= 0.6 is 0 Å². The molecule has 1 rings (SSSR count). The minimum atomic E-state index is 0.375. The average Bonchev–Trinajstić information content (AvgIpc) is 2.20. The molecule has 0 spiro atoms. The lowest BCUT2D eigenvalue weighted by Gasteiger charge is -1.89. The molecule has 13 heavy (non-hydrogen) atoms. The summed E-state index contributed by atoms with van der Waals surface area (Å²) in [6, 6.07) is 8.94. The topological polar surface area (TPSA) is 59.3 Å². The molecule has 0 saturated carbocycles. The second-order valence-corrected chi connectivity index (χ2v) is 1.84. The normalized spacial score (nSPS) is 7.08. The van der Waals surface area contributed by atoms with Crippen LogP contribution < -0.4 is 4.74 Å². The maximum atomic E-state index is 8.95. The van der Waals surface area contributed by atoms with Gasteiger partial charge in [0, 0.05) is 0 Å². The highest BCUT2D eigenvalue weighted by molar-refractivity contribution is 5.36. The van der Waals surface area contributed by atoms with Gasteiger partial charge in [-0.05, 0) is 12.1 Å². The van der Waals surface area contributed by atoms with Gasteiger partial charge in [0.1, 0.15) is 5.75 Å². The fourth-order valence-corrected chi connectivity index (χ4v) is 0.541. The lowest BCUT2D eigenvalue weighted by Crippen LogP contribution is -1.78. The van der Waals surface area contributed by atoms with Gasteiger partial charge < -0.3 is 9.47 Å². The van der Waals surface area contributed by atoms with E-state index in [0.717, 1.165) is 0 Å². The number of rotatable bonds is 2. The highest BCUT2D eigenvalue weighted by atomic mass is 16.5. The predicted molar refractivity (Wildman–Crippen MR) is 45.8 cm³/mol. The number of hydrogen-bond donors (Lipinski definition) is 0. The Morgan fingerprint density at radius 1 is 1.38 bits per heavy atom. The lowest BCUT2D eigenvalue weighted by molar-refractivity contribution is -0.126. The minimum absolute atomic E-state index is 0.375. The number of nitriles is 1. The van der Waals surface area contributed by atoms with E-state index in [-0.39, 0.29) is 0 Å². The average molecular weight is 179 g/mol. The van der Waals surface area contributed by atoms with Crippen molar-refractivity contribution in [2.75, 3.05) is 7.11 Å². The van der Waals surface area contributed by atoms with Crippen molar-refractivity contribution in [1.82, 2.24) is 0 Å². The van der Waals surface area contributed by atoms with E-state index in [9.17, 15) is 0 Å². The zero-order valence-corrected chi connectivity index (χ0v) is 7.14. The monoisotopic (exact) mass is 179 g/mol. The molecule has 0 aliphatic rings. The summed E-state index contributed by atoms with van der Waals surface area (Å²) in [5.74, 6) is 0.583. The summed E-state index contributed by atoms with van der Waals surface area (Å²) in [5.41, 5.74) is 0.